The summed E-state index contributed by atoms with van der Waals surface area (Å²) in [7, 11) is 0. The van der Waals surface area contributed by atoms with E-state index in [9.17, 15) is 9.59 Å². The zero-order valence-corrected chi connectivity index (χ0v) is 18.8. The van der Waals surface area contributed by atoms with Crippen molar-refractivity contribution in [3.05, 3.63) is 52.8 Å². The zero-order valence-electron chi connectivity index (χ0n) is 18.8. The van der Waals surface area contributed by atoms with E-state index in [1.165, 1.54) is 6.20 Å². The Morgan fingerprint density at radius 1 is 1.19 bits per heavy atom. The topological polar surface area (TPSA) is 128 Å². The van der Waals surface area contributed by atoms with Crippen molar-refractivity contribution in [1.29, 1.82) is 0 Å². The number of oxazole rings is 1. The summed E-state index contributed by atoms with van der Waals surface area (Å²) in [5.41, 5.74) is 10.4. The first-order valence-electron chi connectivity index (χ1n) is 10.4. The maximum Gasteiger partial charge on any atom is 0.254 e. The lowest BCUT2D eigenvalue weighted by Crippen LogP contribution is -2.15. The van der Waals surface area contributed by atoms with Gasteiger partial charge in [-0.15, -0.1) is 0 Å². The molecule has 166 valence electrons. The number of benzene rings is 1. The Labute approximate surface area is 185 Å². The third kappa shape index (κ3) is 3.93. The van der Waals surface area contributed by atoms with Crippen LogP contribution in [-0.2, 0) is 16.6 Å². The summed E-state index contributed by atoms with van der Waals surface area (Å²) in [5.74, 6) is -0.0406. The molecule has 32 heavy (non-hydrogen) atoms. The highest BCUT2D eigenvalue weighted by Gasteiger charge is 2.21. The highest BCUT2D eigenvalue weighted by molar-refractivity contribution is 5.98. The van der Waals surface area contributed by atoms with Gasteiger partial charge in [0.1, 0.15) is 11.1 Å². The molecule has 0 spiro atoms. The van der Waals surface area contributed by atoms with Gasteiger partial charge < -0.3 is 15.5 Å². The number of amides is 2. The predicted molar refractivity (Wildman–Crippen MR) is 121 cm³/mol. The molecule has 0 radical (unpaired) electrons. The summed E-state index contributed by atoms with van der Waals surface area (Å²) >= 11 is 0. The molecular formula is C23H26N6O3. The number of carbonyl (C=O) groups is 2. The van der Waals surface area contributed by atoms with Crippen molar-refractivity contribution < 1.29 is 14.0 Å². The fraction of sp³-hybridized carbons (Fsp3) is 0.348. The molecule has 2 amide bonds. The van der Waals surface area contributed by atoms with Gasteiger partial charge in [-0.25, -0.2) is 14.5 Å². The molecule has 0 unspecified atom stereocenters. The average Bonchev–Trinajstić information content (AvgIpc) is 3.31. The van der Waals surface area contributed by atoms with E-state index >= 15 is 0 Å². The van der Waals surface area contributed by atoms with Gasteiger partial charge in [0.15, 0.2) is 11.2 Å². The molecule has 9 heteroatoms. The summed E-state index contributed by atoms with van der Waals surface area (Å²) in [6.07, 6.45) is 2.17. The van der Waals surface area contributed by atoms with Crippen molar-refractivity contribution in [2.75, 3.05) is 5.32 Å². The van der Waals surface area contributed by atoms with Crippen LogP contribution in [0.1, 0.15) is 60.4 Å². The highest BCUT2D eigenvalue weighted by Crippen LogP contribution is 2.27. The number of fused-ring (bicyclic) bond motifs is 2. The van der Waals surface area contributed by atoms with Crippen LogP contribution in [0.4, 0.5) is 5.69 Å². The van der Waals surface area contributed by atoms with E-state index < -0.39 is 5.91 Å². The van der Waals surface area contributed by atoms with Gasteiger partial charge in [-0.05, 0) is 44.0 Å². The fourth-order valence-electron chi connectivity index (χ4n) is 3.63. The number of hydrogen-bond acceptors (Lipinski definition) is 6. The quantitative estimate of drug-likeness (QED) is 0.495. The molecule has 3 heterocycles. The molecule has 0 saturated heterocycles. The lowest BCUT2D eigenvalue weighted by Gasteiger charge is -2.11. The molecule has 4 aromatic rings. The monoisotopic (exact) mass is 434 g/mol. The van der Waals surface area contributed by atoms with Crippen LogP contribution in [0.5, 0.6) is 0 Å². The summed E-state index contributed by atoms with van der Waals surface area (Å²) in [5, 5.41) is 7.14. The first-order chi connectivity index (χ1) is 15.0. The molecule has 0 fully saturated rings. The molecular weight excluding hydrogens is 408 g/mol. The maximum atomic E-state index is 12.6. The highest BCUT2D eigenvalue weighted by atomic mass is 16.3. The van der Waals surface area contributed by atoms with Crippen molar-refractivity contribution in [2.24, 2.45) is 5.73 Å². The Hall–Kier alpha value is -3.75. The van der Waals surface area contributed by atoms with E-state index in [1.54, 1.807) is 10.6 Å². The Bertz CT molecular complexity index is 1360. The Balaban J connectivity index is 1.49. The number of carbonyl (C=O) groups excluding carboxylic acids is 2. The van der Waals surface area contributed by atoms with Gasteiger partial charge in [0.2, 0.25) is 11.8 Å². The largest absolute Gasteiger partial charge is 0.440 e. The Morgan fingerprint density at radius 3 is 2.62 bits per heavy atom. The standard InChI is InChI=1S/C23H26N6O3/c1-12-15(13(2)29-21(26-12)16(11-25-29)20(24)31)7-9-19(30)27-14-6-8-18-17(10-14)28-22(32-18)23(3,4)5/h6,8,10-11H,7,9H2,1-5H3,(H2,24,31)(H,27,30). The van der Waals surface area contributed by atoms with Crippen molar-refractivity contribution in [3.8, 4) is 0 Å². The molecule has 3 N–H and O–H groups in total. The van der Waals surface area contributed by atoms with Gasteiger partial charge in [-0.3, -0.25) is 9.59 Å². The van der Waals surface area contributed by atoms with E-state index in [1.807, 2.05) is 46.8 Å². The second kappa shape index (κ2) is 7.74. The third-order valence-electron chi connectivity index (χ3n) is 5.39. The van der Waals surface area contributed by atoms with Gasteiger partial charge in [0, 0.05) is 28.9 Å². The summed E-state index contributed by atoms with van der Waals surface area (Å²) in [4.78, 5) is 33.2. The average molecular weight is 435 g/mol. The van der Waals surface area contributed by atoms with Crippen molar-refractivity contribution in [1.82, 2.24) is 19.6 Å². The van der Waals surface area contributed by atoms with Crippen LogP contribution in [0.2, 0.25) is 0 Å². The molecule has 0 saturated carbocycles. The molecule has 3 aromatic heterocycles. The lowest BCUT2D eigenvalue weighted by atomic mass is 9.97. The van der Waals surface area contributed by atoms with E-state index in [2.05, 4.69) is 20.4 Å². The second-order valence-electron chi connectivity index (χ2n) is 8.92. The van der Waals surface area contributed by atoms with Crippen LogP contribution >= 0.6 is 0 Å². The van der Waals surface area contributed by atoms with Crippen LogP contribution in [-0.4, -0.2) is 31.4 Å². The fourth-order valence-corrected chi connectivity index (χ4v) is 3.63. The SMILES string of the molecule is Cc1nc2c(C(N)=O)cnn2c(C)c1CCC(=O)Nc1ccc2oc(C(C)(C)C)nc2c1. The lowest BCUT2D eigenvalue weighted by molar-refractivity contribution is -0.116. The van der Waals surface area contributed by atoms with Crippen molar-refractivity contribution in [2.45, 2.75) is 52.9 Å². The molecule has 0 aliphatic carbocycles. The van der Waals surface area contributed by atoms with Crippen LogP contribution in [0.15, 0.2) is 28.8 Å². The minimum atomic E-state index is -0.572. The van der Waals surface area contributed by atoms with Crippen LogP contribution in [0.25, 0.3) is 16.7 Å². The predicted octanol–water partition coefficient (Wildman–Crippen LogP) is 3.46. The minimum Gasteiger partial charge on any atom is -0.440 e. The first-order valence-corrected chi connectivity index (χ1v) is 10.4. The smallest absolute Gasteiger partial charge is 0.254 e. The summed E-state index contributed by atoms with van der Waals surface area (Å²) in [6.45, 7) is 9.85. The molecule has 0 atom stereocenters. The number of rotatable bonds is 5. The van der Waals surface area contributed by atoms with Gasteiger partial charge >= 0.3 is 0 Å². The number of aryl methyl sites for hydroxylation is 2. The normalized spacial score (nSPS) is 11.9. The Kier molecular flexibility index (Phi) is 5.20. The summed E-state index contributed by atoms with van der Waals surface area (Å²) < 4.78 is 7.40. The van der Waals surface area contributed by atoms with Crippen molar-refractivity contribution >= 4 is 34.2 Å². The number of nitrogens with two attached hydrogens (primary N) is 1. The number of nitrogens with one attached hydrogen (secondary N) is 1. The third-order valence-corrected chi connectivity index (χ3v) is 5.39. The molecule has 1 aromatic carbocycles. The van der Waals surface area contributed by atoms with Crippen LogP contribution in [0.3, 0.4) is 0 Å². The van der Waals surface area contributed by atoms with Gasteiger partial charge in [-0.2, -0.15) is 5.10 Å². The number of hydrogen-bond donors (Lipinski definition) is 2. The van der Waals surface area contributed by atoms with Gasteiger partial charge in [-0.1, -0.05) is 20.8 Å². The molecule has 0 aliphatic rings. The molecule has 9 nitrogen and oxygen atoms in total. The minimum absolute atomic E-state index is 0.124. The number of aromatic nitrogens is 4. The number of primary amides is 1. The van der Waals surface area contributed by atoms with E-state index in [4.69, 9.17) is 10.2 Å². The van der Waals surface area contributed by atoms with E-state index in [-0.39, 0.29) is 23.3 Å². The molecule has 0 aliphatic heterocycles. The Morgan fingerprint density at radius 2 is 1.94 bits per heavy atom. The van der Waals surface area contributed by atoms with Crippen molar-refractivity contribution in [3.63, 3.8) is 0 Å². The number of nitrogens with zero attached hydrogens (tertiary/aromatic N) is 4. The first kappa shape index (κ1) is 21.5. The number of anilines is 1. The van der Waals surface area contributed by atoms with E-state index in [0.29, 0.717) is 34.7 Å². The van der Waals surface area contributed by atoms with E-state index in [0.717, 1.165) is 17.0 Å². The molecule has 0 bridgehead atoms. The zero-order chi connectivity index (χ0) is 23.2. The van der Waals surface area contributed by atoms with Crippen LogP contribution in [0, 0.1) is 13.8 Å². The second-order valence-corrected chi connectivity index (χ2v) is 8.92. The van der Waals surface area contributed by atoms with Gasteiger partial charge in [0.05, 0.1) is 6.20 Å². The van der Waals surface area contributed by atoms with Gasteiger partial charge in [0.25, 0.3) is 5.91 Å². The summed E-state index contributed by atoms with van der Waals surface area (Å²) in [6, 6.07) is 5.43. The maximum absolute atomic E-state index is 12.6. The van der Waals surface area contributed by atoms with Crippen LogP contribution < -0.4 is 11.1 Å². The molecule has 4 rings (SSSR count).